The van der Waals surface area contributed by atoms with Gasteiger partial charge in [-0.15, -0.1) is 0 Å². The highest BCUT2D eigenvalue weighted by atomic mass is 19.3. The normalized spacial score (nSPS) is 19.5. The predicted molar refractivity (Wildman–Crippen MR) is 110 cm³/mol. The first-order valence-electron chi connectivity index (χ1n) is 9.97. The molecule has 1 fully saturated rings. The molecule has 3 atom stereocenters. The van der Waals surface area contributed by atoms with Crippen molar-refractivity contribution >= 4 is 23.5 Å². The molecule has 0 aliphatic carbocycles. The third kappa shape index (κ3) is 3.93. The van der Waals surface area contributed by atoms with Crippen molar-refractivity contribution in [3.63, 3.8) is 0 Å². The number of alkyl halides is 2. The smallest absolute Gasteiger partial charge is 0.416 e. The maximum absolute atomic E-state index is 13.3. The standard InChI is InChI=1S/C20H23F2N5O5/c1-10(30-2)16(18(23)28)24-11-3-4-12-14(7-11)31-6-5-26-8-15(25-19(12)26)27-13(17(21)22)9-32-20(27)29/h3-4,7-8,10,13,16-17,24H,5-6,9H2,1-2H3,(H2,23,28)/t10-,13+,16+/m1/s1. The van der Waals surface area contributed by atoms with Crippen molar-refractivity contribution in [2.75, 3.05) is 30.5 Å². The summed E-state index contributed by atoms with van der Waals surface area (Å²) in [4.78, 5) is 29.1. The Hall–Kier alpha value is -3.41. The van der Waals surface area contributed by atoms with E-state index in [0.717, 1.165) is 4.90 Å². The van der Waals surface area contributed by atoms with Crippen molar-refractivity contribution < 1.29 is 32.6 Å². The van der Waals surface area contributed by atoms with Crippen LogP contribution in [0.3, 0.4) is 0 Å². The first-order chi connectivity index (χ1) is 15.3. The number of hydrogen-bond acceptors (Lipinski definition) is 7. The number of amides is 2. The lowest BCUT2D eigenvalue weighted by Crippen LogP contribution is -2.44. The Morgan fingerprint density at radius 1 is 1.38 bits per heavy atom. The summed E-state index contributed by atoms with van der Waals surface area (Å²) >= 11 is 0. The van der Waals surface area contributed by atoms with Crippen LogP contribution in [0.25, 0.3) is 11.4 Å². The molecule has 12 heteroatoms. The number of benzene rings is 1. The Morgan fingerprint density at radius 3 is 2.84 bits per heavy atom. The van der Waals surface area contributed by atoms with Crippen LogP contribution in [0.1, 0.15) is 6.92 Å². The van der Waals surface area contributed by atoms with Gasteiger partial charge in [0, 0.05) is 25.1 Å². The molecule has 0 radical (unpaired) electrons. The molecular formula is C20H23F2N5O5. The van der Waals surface area contributed by atoms with Crippen molar-refractivity contribution in [1.82, 2.24) is 9.55 Å². The summed E-state index contributed by atoms with van der Waals surface area (Å²) in [6.45, 7) is 2.01. The second-order valence-electron chi connectivity index (χ2n) is 7.49. The lowest BCUT2D eigenvalue weighted by atomic mass is 10.1. The zero-order valence-corrected chi connectivity index (χ0v) is 17.5. The number of aromatic nitrogens is 2. The van der Waals surface area contributed by atoms with Gasteiger partial charge in [0.1, 0.15) is 36.9 Å². The van der Waals surface area contributed by atoms with Crippen LogP contribution in [-0.4, -0.2) is 66.5 Å². The number of cyclic esters (lactones) is 1. The number of fused-ring (bicyclic) bond motifs is 3. The number of carbonyl (C=O) groups excluding carboxylic acids is 2. The number of hydrogen-bond donors (Lipinski definition) is 2. The van der Waals surface area contributed by atoms with Crippen molar-refractivity contribution in [3.8, 4) is 17.1 Å². The molecule has 2 aliphatic heterocycles. The molecular weight excluding hydrogens is 428 g/mol. The van der Waals surface area contributed by atoms with Gasteiger partial charge in [-0.3, -0.25) is 4.79 Å². The number of ether oxygens (including phenoxy) is 3. The number of imidazole rings is 1. The van der Waals surface area contributed by atoms with Gasteiger partial charge in [0.15, 0.2) is 5.82 Å². The summed E-state index contributed by atoms with van der Waals surface area (Å²) in [7, 11) is 1.48. The monoisotopic (exact) mass is 451 g/mol. The quantitative estimate of drug-likeness (QED) is 0.659. The molecule has 172 valence electrons. The van der Waals surface area contributed by atoms with E-state index in [1.165, 1.54) is 13.3 Å². The van der Waals surface area contributed by atoms with Gasteiger partial charge in [-0.2, -0.15) is 0 Å². The number of carbonyl (C=O) groups is 2. The molecule has 1 aromatic carbocycles. The average Bonchev–Trinajstić information content (AvgIpc) is 3.30. The first kappa shape index (κ1) is 21.8. The summed E-state index contributed by atoms with van der Waals surface area (Å²) < 4.78 is 44.3. The van der Waals surface area contributed by atoms with E-state index in [9.17, 15) is 18.4 Å². The number of nitrogens with two attached hydrogens (primary N) is 1. The fourth-order valence-corrected chi connectivity index (χ4v) is 3.69. The number of nitrogens with zero attached hydrogens (tertiary/aromatic N) is 3. The molecule has 2 amide bonds. The van der Waals surface area contributed by atoms with Crippen LogP contribution >= 0.6 is 0 Å². The highest BCUT2D eigenvalue weighted by molar-refractivity contribution is 5.90. The molecule has 0 spiro atoms. The van der Waals surface area contributed by atoms with Crippen LogP contribution in [0.5, 0.6) is 5.75 Å². The van der Waals surface area contributed by atoms with Crippen molar-refractivity contribution in [2.45, 2.75) is 38.1 Å². The summed E-state index contributed by atoms with van der Waals surface area (Å²) in [6.07, 6.45) is -2.55. The molecule has 4 rings (SSSR count). The average molecular weight is 451 g/mol. The van der Waals surface area contributed by atoms with Crippen LogP contribution in [0.15, 0.2) is 24.4 Å². The van der Waals surface area contributed by atoms with Crippen LogP contribution in [0.4, 0.5) is 25.1 Å². The third-order valence-corrected chi connectivity index (χ3v) is 5.49. The van der Waals surface area contributed by atoms with Crippen LogP contribution in [-0.2, 0) is 20.8 Å². The van der Waals surface area contributed by atoms with Gasteiger partial charge in [-0.05, 0) is 19.1 Å². The van der Waals surface area contributed by atoms with Crippen molar-refractivity contribution in [3.05, 3.63) is 24.4 Å². The van der Waals surface area contributed by atoms with Crippen molar-refractivity contribution in [2.24, 2.45) is 5.73 Å². The summed E-state index contributed by atoms with van der Waals surface area (Å²) in [5.74, 6) is 0.462. The van der Waals surface area contributed by atoms with E-state index in [2.05, 4.69) is 10.3 Å². The molecule has 3 N–H and O–H groups in total. The fraction of sp³-hybridized carbons (Fsp3) is 0.450. The molecule has 0 saturated carbocycles. The molecule has 1 saturated heterocycles. The zero-order chi connectivity index (χ0) is 23.0. The predicted octanol–water partition coefficient (Wildman–Crippen LogP) is 1.83. The highest BCUT2D eigenvalue weighted by Crippen LogP contribution is 2.37. The Labute approximate surface area is 182 Å². The van der Waals surface area contributed by atoms with Gasteiger partial charge in [0.2, 0.25) is 5.91 Å². The van der Waals surface area contributed by atoms with Gasteiger partial charge in [0.05, 0.1) is 18.2 Å². The summed E-state index contributed by atoms with van der Waals surface area (Å²) in [5, 5.41) is 3.04. The van der Waals surface area contributed by atoms with Gasteiger partial charge < -0.3 is 29.8 Å². The van der Waals surface area contributed by atoms with Crippen molar-refractivity contribution in [1.29, 1.82) is 0 Å². The number of primary amides is 1. The maximum atomic E-state index is 13.3. The largest absolute Gasteiger partial charge is 0.491 e. The maximum Gasteiger partial charge on any atom is 0.416 e. The molecule has 10 nitrogen and oxygen atoms in total. The number of anilines is 2. The minimum Gasteiger partial charge on any atom is -0.491 e. The van der Waals surface area contributed by atoms with E-state index >= 15 is 0 Å². The molecule has 3 heterocycles. The Kier molecular flexibility index (Phi) is 5.87. The molecule has 1 aromatic heterocycles. The van der Waals surface area contributed by atoms with Crippen LogP contribution < -0.4 is 20.7 Å². The molecule has 0 unspecified atom stereocenters. The lowest BCUT2D eigenvalue weighted by molar-refractivity contribution is -0.121. The molecule has 0 bridgehead atoms. The van der Waals surface area contributed by atoms with Gasteiger partial charge >= 0.3 is 6.09 Å². The van der Waals surface area contributed by atoms with Gasteiger partial charge in [-0.25, -0.2) is 23.5 Å². The van der Waals surface area contributed by atoms with E-state index < -0.39 is 43.2 Å². The molecule has 2 aromatic rings. The Bertz CT molecular complexity index is 1030. The number of methoxy groups -OCH3 is 1. The zero-order valence-electron chi connectivity index (χ0n) is 17.5. The highest BCUT2D eigenvalue weighted by Gasteiger charge is 2.42. The van der Waals surface area contributed by atoms with E-state index in [-0.39, 0.29) is 12.4 Å². The topological polar surface area (TPSA) is 121 Å². The third-order valence-electron chi connectivity index (χ3n) is 5.49. The molecule has 2 aliphatic rings. The Balaban J connectivity index is 1.66. The fourth-order valence-electron chi connectivity index (χ4n) is 3.69. The second-order valence-corrected chi connectivity index (χ2v) is 7.49. The SMILES string of the molecule is CO[C@H](C)[C@H](Nc1ccc2c(c1)OCCn1cc(N3C(=O)OC[C@H]3C(F)F)nc1-2)C(N)=O. The first-order valence-corrected chi connectivity index (χ1v) is 9.97. The number of rotatable bonds is 7. The van der Waals surface area contributed by atoms with E-state index in [1.807, 2.05) is 0 Å². The summed E-state index contributed by atoms with van der Waals surface area (Å²) in [6, 6.07) is 3.00. The number of halogens is 2. The van der Waals surface area contributed by atoms with Crippen LogP contribution in [0, 0.1) is 0 Å². The Morgan fingerprint density at radius 2 is 2.16 bits per heavy atom. The number of nitrogens with one attached hydrogen (secondary N) is 1. The van der Waals surface area contributed by atoms with E-state index in [1.54, 1.807) is 29.7 Å². The minimum absolute atomic E-state index is 0.0885. The van der Waals surface area contributed by atoms with E-state index in [4.69, 9.17) is 19.9 Å². The van der Waals surface area contributed by atoms with Gasteiger partial charge in [-0.1, -0.05) is 0 Å². The minimum atomic E-state index is -2.76. The van der Waals surface area contributed by atoms with E-state index in [0.29, 0.717) is 29.4 Å². The second kappa shape index (κ2) is 8.61. The van der Waals surface area contributed by atoms with Gasteiger partial charge in [0.25, 0.3) is 6.43 Å². The lowest BCUT2D eigenvalue weighted by Gasteiger charge is -2.22. The summed E-state index contributed by atoms with van der Waals surface area (Å²) in [5.41, 5.74) is 6.66. The molecule has 32 heavy (non-hydrogen) atoms. The van der Waals surface area contributed by atoms with Crippen LogP contribution in [0.2, 0.25) is 0 Å².